The van der Waals surface area contributed by atoms with Crippen molar-refractivity contribution in [2.45, 2.75) is 64.1 Å². The Morgan fingerprint density at radius 2 is 1.93 bits per heavy atom. The zero-order chi connectivity index (χ0) is 11.3. The lowest BCUT2D eigenvalue weighted by Crippen LogP contribution is -2.45. The van der Waals surface area contributed by atoms with E-state index >= 15 is 0 Å². The maximum Gasteiger partial charge on any atom is 0.0977 e. The monoisotopic (exact) mass is 209 g/mol. The predicted octanol–water partition coefficient (Wildman–Crippen LogP) is 1.88. The summed E-state index contributed by atoms with van der Waals surface area (Å²) in [5, 5.41) is 9.09. The summed E-state index contributed by atoms with van der Waals surface area (Å²) in [6, 6.07) is 3.47. The summed E-state index contributed by atoms with van der Waals surface area (Å²) in [6.45, 7) is 5.21. The third-order valence-corrected chi connectivity index (χ3v) is 3.51. The SMILES string of the molecule is CCC(C#N)N(CC)C1CCC(N)CC1. The van der Waals surface area contributed by atoms with Gasteiger partial charge in [-0.3, -0.25) is 4.90 Å². The molecule has 1 saturated carbocycles. The quantitative estimate of drug-likeness (QED) is 0.769. The topological polar surface area (TPSA) is 53.0 Å². The molecule has 1 aliphatic rings. The van der Waals surface area contributed by atoms with Crippen LogP contribution in [0.3, 0.4) is 0 Å². The van der Waals surface area contributed by atoms with Gasteiger partial charge in [-0.25, -0.2) is 0 Å². The second-order valence-corrected chi connectivity index (χ2v) is 4.45. The summed E-state index contributed by atoms with van der Waals surface area (Å²) in [7, 11) is 0. The number of nitrogens with zero attached hydrogens (tertiary/aromatic N) is 2. The lowest BCUT2D eigenvalue weighted by Gasteiger charge is -2.37. The summed E-state index contributed by atoms with van der Waals surface area (Å²) in [6.07, 6.45) is 5.47. The Morgan fingerprint density at radius 3 is 2.33 bits per heavy atom. The van der Waals surface area contributed by atoms with E-state index in [-0.39, 0.29) is 6.04 Å². The maximum atomic E-state index is 9.09. The summed E-state index contributed by atoms with van der Waals surface area (Å²) in [5.74, 6) is 0. The number of hydrogen-bond donors (Lipinski definition) is 1. The van der Waals surface area contributed by atoms with E-state index in [1.54, 1.807) is 0 Å². The van der Waals surface area contributed by atoms with Crippen molar-refractivity contribution in [3.63, 3.8) is 0 Å². The molecule has 86 valence electrons. The van der Waals surface area contributed by atoms with Crippen LogP contribution in [-0.4, -0.2) is 29.6 Å². The van der Waals surface area contributed by atoms with Crippen molar-refractivity contribution < 1.29 is 0 Å². The van der Waals surface area contributed by atoms with Crippen LogP contribution in [0.2, 0.25) is 0 Å². The second-order valence-electron chi connectivity index (χ2n) is 4.45. The summed E-state index contributed by atoms with van der Waals surface area (Å²) >= 11 is 0. The first kappa shape index (κ1) is 12.5. The zero-order valence-electron chi connectivity index (χ0n) is 9.95. The average molecular weight is 209 g/mol. The van der Waals surface area contributed by atoms with E-state index in [9.17, 15) is 0 Å². The molecule has 0 radical (unpaired) electrons. The molecule has 15 heavy (non-hydrogen) atoms. The highest BCUT2D eigenvalue weighted by Gasteiger charge is 2.27. The molecule has 1 atom stereocenters. The molecule has 1 unspecified atom stereocenters. The van der Waals surface area contributed by atoms with Crippen LogP contribution in [0.4, 0.5) is 0 Å². The van der Waals surface area contributed by atoms with Gasteiger partial charge in [-0.15, -0.1) is 0 Å². The van der Waals surface area contributed by atoms with Gasteiger partial charge in [0, 0.05) is 12.1 Å². The highest BCUT2D eigenvalue weighted by molar-refractivity contribution is 4.94. The molecule has 3 nitrogen and oxygen atoms in total. The Labute approximate surface area is 93.2 Å². The first-order valence-corrected chi connectivity index (χ1v) is 6.13. The Hall–Kier alpha value is -0.590. The van der Waals surface area contributed by atoms with E-state index in [1.807, 2.05) is 0 Å². The smallest absolute Gasteiger partial charge is 0.0977 e. The Bertz CT molecular complexity index is 213. The molecule has 0 aromatic heterocycles. The summed E-state index contributed by atoms with van der Waals surface area (Å²) in [5.41, 5.74) is 5.90. The average Bonchev–Trinajstić information content (AvgIpc) is 2.27. The fourth-order valence-corrected chi connectivity index (χ4v) is 2.57. The van der Waals surface area contributed by atoms with Crippen molar-refractivity contribution in [1.29, 1.82) is 5.26 Å². The molecule has 0 heterocycles. The zero-order valence-corrected chi connectivity index (χ0v) is 9.95. The van der Waals surface area contributed by atoms with Crippen molar-refractivity contribution in [3.05, 3.63) is 0 Å². The predicted molar refractivity (Wildman–Crippen MR) is 62.3 cm³/mol. The lowest BCUT2D eigenvalue weighted by molar-refractivity contribution is 0.128. The Kier molecular flexibility index (Phi) is 5.07. The maximum absolute atomic E-state index is 9.09. The fourth-order valence-electron chi connectivity index (χ4n) is 2.57. The van der Waals surface area contributed by atoms with Crippen molar-refractivity contribution in [1.82, 2.24) is 4.90 Å². The molecule has 1 fully saturated rings. The van der Waals surface area contributed by atoms with Gasteiger partial charge in [0.2, 0.25) is 0 Å². The van der Waals surface area contributed by atoms with Crippen molar-refractivity contribution in [2.75, 3.05) is 6.54 Å². The molecular formula is C12H23N3. The highest BCUT2D eigenvalue weighted by atomic mass is 15.2. The van der Waals surface area contributed by atoms with E-state index in [1.165, 1.54) is 0 Å². The van der Waals surface area contributed by atoms with Gasteiger partial charge >= 0.3 is 0 Å². The first-order chi connectivity index (χ1) is 7.22. The molecule has 0 aromatic carbocycles. The number of rotatable bonds is 4. The van der Waals surface area contributed by atoms with Crippen LogP contribution < -0.4 is 5.73 Å². The Balaban J connectivity index is 2.55. The van der Waals surface area contributed by atoms with Gasteiger partial charge in [-0.2, -0.15) is 5.26 Å². The largest absolute Gasteiger partial charge is 0.328 e. The lowest BCUT2D eigenvalue weighted by atomic mass is 9.90. The van der Waals surface area contributed by atoms with Gasteiger partial charge in [-0.1, -0.05) is 13.8 Å². The minimum atomic E-state index is 0.0920. The second kappa shape index (κ2) is 6.09. The van der Waals surface area contributed by atoms with E-state index in [0.717, 1.165) is 38.6 Å². The molecule has 2 N–H and O–H groups in total. The highest BCUT2D eigenvalue weighted by Crippen LogP contribution is 2.24. The van der Waals surface area contributed by atoms with Gasteiger partial charge in [-0.05, 0) is 38.6 Å². The van der Waals surface area contributed by atoms with Crippen LogP contribution in [0.15, 0.2) is 0 Å². The minimum Gasteiger partial charge on any atom is -0.328 e. The van der Waals surface area contributed by atoms with Gasteiger partial charge in [0.05, 0.1) is 12.1 Å². The van der Waals surface area contributed by atoms with E-state index in [2.05, 4.69) is 24.8 Å². The summed E-state index contributed by atoms with van der Waals surface area (Å²) in [4.78, 5) is 2.35. The molecule has 0 aromatic rings. The number of nitrogens with two attached hydrogens (primary N) is 1. The number of hydrogen-bond acceptors (Lipinski definition) is 3. The fraction of sp³-hybridized carbons (Fsp3) is 0.917. The molecule has 0 aliphatic heterocycles. The third-order valence-electron chi connectivity index (χ3n) is 3.51. The van der Waals surface area contributed by atoms with Crippen molar-refractivity contribution in [3.8, 4) is 6.07 Å². The van der Waals surface area contributed by atoms with Crippen LogP contribution in [0.25, 0.3) is 0 Å². The molecule has 0 amide bonds. The van der Waals surface area contributed by atoms with E-state index in [4.69, 9.17) is 11.0 Å². The molecule has 0 bridgehead atoms. The van der Waals surface area contributed by atoms with Crippen LogP contribution >= 0.6 is 0 Å². The first-order valence-electron chi connectivity index (χ1n) is 6.13. The van der Waals surface area contributed by atoms with Crippen molar-refractivity contribution in [2.24, 2.45) is 5.73 Å². The van der Waals surface area contributed by atoms with Crippen LogP contribution in [0.1, 0.15) is 46.0 Å². The van der Waals surface area contributed by atoms with E-state index in [0.29, 0.717) is 12.1 Å². The Morgan fingerprint density at radius 1 is 1.33 bits per heavy atom. The van der Waals surface area contributed by atoms with Gasteiger partial charge in [0.1, 0.15) is 0 Å². The standard InChI is InChI=1S/C12H23N3/c1-3-11(9-13)15(4-2)12-7-5-10(14)6-8-12/h10-12H,3-8,14H2,1-2H3. The molecule has 3 heteroatoms. The molecule has 1 aliphatic carbocycles. The molecule has 0 saturated heterocycles. The molecular weight excluding hydrogens is 186 g/mol. The van der Waals surface area contributed by atoms with Crippen LogP contribution in [-0.2, 0) is 0 Å². The molecule has 0 spiro atoms. The minimum absolute atomic E-state index is 0.0920. The van der Waals surface area contributed by atoms with Crippen molar-refractivity contribution >= 4 is 0 Å². The van der Waals surface area contributed by atoms with E-state index < -0.39 is 0 Å². The van der Waals surface area contributed by atoms with Gasteiger partial charge < -0.3 is 5.73 Å². The number of nitriles is 1. The third kappa shape index (κ3) is 3.19. The van der Waals surface area contributed by atoms with Crippen LogP contribution in [0, 0.1) is 11.3 Å². The van der Waals surface area contributed by atoms with Crippen LogP contribution in [0.5, 0.6) is 0 Å². The normalized spacial score (nSPS) is 28.7. The van der Waals surface area contributed by atoms with Gasteiger partial charge in [0.25, 0.3) is 0 Å². The molecule has 1 rings (SSSR count). The van der Waals surface area contributed by atoms with Gasteiger partial charge in [0.15, 0.2) is 0 Å². The summed E-state index contributed by atoms with van der Waals surface area (Å²) < 4.78 is 0.